The Kier molecular flexibility index (Phi) is 7.85. The van der Waals surface area contributed by atoms with Crippen LogP contribution in [0.15, 0.2) is 217 Å². The van der Waals surface area contributed by atoms with E-state index < -0.39 is 0 Å². The first-order valence-electron chi connectivity index (χ1n) is 18.4. The third-order valence-corrected chi connectivity index (χ3v) is 10.5. The zero-order chi connectivity index (χ0) is 35.8. The molecule has 0 fully saturated rings. The highest BCUT2D eigenvalue weighted by Crippen LogP contribution is 2.47. The lowest BCUT2D eigenvalue weighted by atomic mass is 9.95. The van der Waals surface area contributed by atoms with Crippen molar-refractivity contribution in [3.63, 3.8) is 0 Å². The van der Waals surface area contributed by atoms with Crippen molar-refractivity contribution in [2.24, 2.45) is 0 Å². The molecule has 0 unspecified atom stereocenters. The van der Waals surface area contributed by atoms with Crippen LogP contribution in [0.2, 0.25) is 0 Å². The van der Waals surface area contributed by atoms with Crippen molar-refractivity contribution in [2.75, 3.05) is 4.90 Å². The molecule has 2 heteroatoms. The molecule has 0 radical (unpaired) electrons. The van der Waals surface area contributed by atoms with Gasteiger partial charge in [-0.25, -0.2) is 0 Å². The normalized spacial score (nSPS) is 11.3. The lowest BCUT2D eigenvalue weighted by molar-refractivity contribution is 0.669. The van der Waals surface area contributed by atoms with Crippen LogP contribution in [-0.4, -0.2) is 0 Å². The first-order valence-corrected chi connectivity index (χ1v) is 18.4. The molecule has 0 atom stereocenters. The Morgan fingerprint density at radius 1 is 0.315 bits per heavy atom. The number of benzene rings is 9. The molecule has 1 aromatic heterocycles. The fourth-order valence-electron chi connectivity index (χ4n) is 7.88. The van der Waals surface area contributed by atoms with E-state index in [1.807, 2.05) is 12.1 Å². The number of fused-ring (bicyclic) bond motifs is 4. The van der Waals surface area contributed by atoms with Gasteiger partial charge in [0.1, 0.15) is 11.2 Å². The van der Waals surface area contributed by atoms with Crippen LogP contribution in [-0.2, 0) is 0 Å². The molecule has 0 spiro atoms. The van der Waals surface area contributed by atoms with Crippen molar-refractivity contribution in [3.05, 3.63) is 212 Å². The third-order valence-electron chi connectivity index (χ3n) is 10.5. The molecular weight excluding hydrogens is 655 g/mol. The van der Waals surface area contributed by atoms with Gasteiger partial charge >= 0.3 is 0 Å². The Bertz CT molecular complexity index is 2940. The predicted molar refractivity (Wildman–Crippen MR) is 228 cm³/mol. The van der Waals surface area contributed by atoms with Crippen molar-refractivity contribution in [2.45, 2.75) is 0 Å². The van der Waals surface area contributed by atoms with Crippen LogP contribution in [0, 0.1) is 0 Å². The second kappa shape index (κ2) is 13.4. The molecule has 0 saturated carbocycles. The van der Waals surface area contributed by atoms with Crippen LogP contribution in [0.1, 0.15) is 0 Å². The molecule has 54 heavy (non-hydrogen) atoms. The maximum Gasteiger partial charge on any atom is 0.136 e. The molecule has 9 aromatic carbocycles. The summed E-state index contributed by atoms with van der Waals surface area (Å²) in [7, 11) is 0. The number of para-hydroxylation sites is 3. The Morgan fingerprint density at radius 3 is 1.70 bits per heavy atom. The van der Waals surface area contributed by atoms with E-state index in [2.05, 4.69) is 205 Å². The van der Waals surface area contributed by atoms with Crippen LogP contribution in [0.5, 0.6) is 0 Å². The maximum atomic E-state index is 6.36. The number of hydrogen-bond acceptors (Lipinski definition) is 2. The summed E-state index contributed by atoms with van der Waals surface area (Å²) in [6, 6.07) is 75.9. The summed E-state index contributed by atoms with van der Waals surface area (Å²) >= 11 is 0. The highest BCUT2D eigenvalue weighted by atomic mass is 16.3. The molecule has 10 rings (SSSR count). The standard InChI is InChI=1S/C52H35NO/c1-2-15-38(16-3-1)44-20-6-9-24-48(44)53(49-25-10-7-21-45(49)46-23-13-27-51-52(46)47-22-8-11-26-50(47)54-51)43-32-30-37(31-33-43)40-18-12-19-41(34-40)42-29-28-36-14-4-5-17-39(36)35-42/h1-35H. The summed E-state index contributed by atoms with van der Waals surface area (Å²) in [6.45, 7) is 0. The van der Waals surface area contributed by atoms with Crippen LogP contribution < -0.4 is 4.90 Å². The highest BCUT2D eigenvalue weighted by Gasteiger charge is 2.22. The van der Waals surface area contributed by atoms with E-state index in [0.717, 1.165) is 55.7 Å². The molecule has 0 N–H and O–H groups in total. The van der Waals surface area contributed by atoms with Crippen molar-refractivity contribution in [1.82, 2.24) is 0 Å². The quantitative estimate of drug-likeness (QED) is 0.166. The molecule has 0 bridgehead atoms. The largest absolute Gasteiger partial charge is 0.456 e. The molecule has 1 heterocycles. The minimum atomic E-state index is 0.884. The highest BCUT2D eigenvalue weighted by molar-refractivity contribution is 6.14. The smallest absolute Gasteiger partial charge is 0.136 e. The van der Waals surface area contributed by atoms with E-state index in [-0.39, 0.29) is 0 Å². The van der Waals surface area contributed by atoms with Gasteiger partial charge in [-0.2, -0.15) is 0 Å². The van der Waals surface area contributed by atoms with E-state index in [4.69, 9.17) is 4.42 Å². The van der Waals surface area contributed by atoms with Gasteiger partial charge in [0.05, 0.1) is 11.4 Å². The summed E-state index contributed by atoms with van der Waals surface area (Å²) in [6.07, 6.45) is 0. The van der Waals surface area contributed by atoms with E-state index >= 15 is 0 Å². The van der Waals surface area contributed by atoms with Crippen molar-refractivity contribution < 1.29 is 4.42 Å². The number of furan rings is 1. The zero-order valence-electron chi connectivity index (χ0n) is 29.6. The average Bonchev–Trinajstić information content (AvgIpc) is 3.64. The van der Waals surface area contributed by atoms with Gasteiger partial charge in [0.2, 0.25) is 0 Å². The fraction of sp³-hybridized carbons (Fsp3) is 0. The molecule has 0 saturated heterocycles. The number of hydrogen-bond donors (Lipinski definition) is 0. The number of rotatable bonds is 7. The minimum absolute atomic E-state index is 0.884. The second-order valence-electron chi connectivity index (χ2n) is 13.7. The first kappa shape index (κ1) is 31.6. The molecule has 0 aliphatic rings. The van der Waals surface area contributed by atoms with Gasteiger partial charge in [-0.3, -0.25) is 0 Å². The Balaban J connectivity index is 1.12. The predicted octanol–water partition coefficient (Wildman–Crippen LogP) is 14.9. The summed E-state index contributed by atoms with van der Waals surface area (Å²) in [5.41, 5.74) is 14.4. The molecule has 10 aromatic rings. The van der Waals surface area contributed by atoms with Gasteiger partial charge in [-0.15, -0.1) is 0 Å². The van der Waals surface area contributed by atoms with Crippen LogP contribution >= 0.6 is 0 Å². The number of anilines is 3. The topological polar surface area (TPSA) is 16.4 Å². The Morgan fingerprint density at radius 2 is 0.870 bits per heavy atom. The molecule has 2 nitrogen and oxygen atoms in total. The minimum Gasteiger partial charge on any atom is -0.456 e. The molecule has 0 aliphatic heterocycles. The maximum absolute atomic E-state index is 6.36. The summed E-state index contributed by atoms with van der Waals surface area (Å²) < 4.78 is 6.36. The van der Waals surface area contributed by atoms with Gasteiger partial charge in [-0.1, -0.05) is 164 Å². The molecule has 0 aliphatic carbocycles. The number of nitrogens with zero attached hydrogens (tertiary/aromatic N) is 1. The molecule has 254 valence electrons. The Labute approximate surface area is 314 Å². The summed E-state index contributed by atoms with van der Waals surface area (Å²) in [5.74, 6) is 0. The van der Waals surface area contributed by atoms with Gasteiger partial charge in [0, 0.05) is 27.6 Å². The van der Waals surface area contributed by atoms with Crippen molar-refractivity contribution >= 4 is 49.8 Å². The lowest BCUT2D eigenvalue weighted by Crippen LogP contribution is -2.12. The van der Waals surface area contributed by atoms with Crippen LogP contribution in [0.25, 0.3) is 77.2 Å². The van der Waals surface area contributed by atoms with Crippen LogP contribution in [0.3, 0.4) is 0 Å². The van der Waals surface area contributed by atoms with Crippen LogP contribution in [0.4, 0.5) is 17.1 Å². The SMILES string of the molecule is c1ccc(-c2ccccc2N(c2ccc(-c3cccc(-c4ccc5ccccc5c4)c3)cc2)c2ccccc2-c2cccc3oc4ccccc4c23)cc1. The van der Waals surface area contributed by atoms with E-state index in [0.29, 0.717) is 0 Å². The molecule has 0 amide bonds. The second-order valence-corrected chi connectivity index (χ2v) is 13.7. The van der Waals surface area contributed by atoms with E-state index in [1.54, 1.807) is 0 Å². The Hall–Kier alpha value is -7.16. The van der Waals surface area contributed by atoms with E-state index in [1.165, 1.54) is 38.6 Å². The lowest BCUT2D eigenvalue weighted by Gasteiger charge is -2.30. The fourth-order valence-corrected chi connectivity index (χ4v) is 7.88. The van der Waals surface area contributed by atoms with E-state index in [9.17, 15) is 0 Å². The van der Waals surface area contributed by atoms with Crippen molar-refractivity contribution in [3.8, 4) is 44.5 Å². The van der Waals surface area contributed by atoms with Gasteiger partial charge < -0.3 is 9.32 Å². The van der Waals surface area contributed by atoms with Crippen molar-refractivity contribution in [1.29, 1.82) is 0 Å². The molecular formula is C52H35NO. The van der Waals surface area contributed by atoms with Gasteiger partial charge in [-0.05, 0) is 92.7 Å². The summed E-state index contributed by atoms with van der Waals surface area (Å²) in [5, 5.41) is 4.74. The monoisotopic (exact) mass is 689 g/mol. The zero-order valence-corrected chi connectivity index (χ0v) is 29.6. The first-order chi connectivity index (χ1) is 26.8. The van der Waals surface area contributed by atoms with Gasteiger partial charge in [0.25, 0.3) is 0 Å². The summed E-state index contributed by atoms with van der Waals surface area (Å²) in [4.78, 5) is 2.41. The third kappa shape index (κ3) is 5.62. The van der Waals surface area contributed by atoms with Gasteiger partial charge in [0.15, 0.2) is 0 Å². The average molecular weight is 690 g/mol.